The molecular weight excluding hydrogens is 412 g/mol. The zero-order valence-corrected chi connectivity index (χ0v) is 19.7. The summed E-state index contributed by atoms with van der Waals surface area (Å²) in [6.45, 7) is 2.14. The number of amides is 1. The minimum absolute atomic E-state index is 0.0137. The van der Waals surface area contributed by atoms with Crippen molar-refractivity contribution < 1.29 is 14.7 Å². The summed E-state index contributed by atoms with van der Waals surface area (Å²) >= 11 is 0. The lowest BCUT2D eigenvalue weighted by Crippen LogP contribution is -2.46. The van der Waals surface area contributed by atoms with Gasteiger partial charge in [-0.25, -0.2) is 4.79 Å². The fraction of sp³-hybridized carbons (Fsp3) is 0.357. The molecule has 1 aliphatic rings. The van der Waals surface area contributed by atoms with Crippen LogP contribution in [0, 0.1) is 0 Å². The summed E-state index contributed by atoms with van der Waals surface area (Å²) in [5.74, 6) is -1.30. The smallest absolute Gasteiger partial charge is 0.335 e. The van der Waals surface area contributed by atoms with Crippen LogP contribution in [-0.4, -0.2) is 28.0 Å². The quantitative estimate of drug-likeness (QED) is 0.295. The van der Waals surface area contributed by atoms with E-state index < -0.39 is 12.1 Å². The van der Waals surface area contributed by atoms with E-state index in [0.29, 0.717) is 6.42 Å². The van der Waals surface area contributed by atoms with Gasteiger partial charge in [0, 0.05) is 12.6 Å². The van der Waals surface area contributed by atoms with Gasteiger partial charge in [0.15, 0.2) is 0 Å². The van der Waals surface area contributed by atoms with Gasteiger partial charge in [0.05, 0.1) is 5.57 Å². The van der Waals surface area contributed by atoms with Crippen LogP contribution in [0.2, 0.25) is 0 Å². The maximum atomic E-state index is 12.3. The number of hydrogen-bond donors (Lipinski definition) is 2. The number of carboxylic acid groups (broad SMARTS) is 1. The summed E-state index contributed by atoms with van der Waals surface area (Å²) in [6.07, 6.45) is 35.8. The van der Waals surface area contributed by atoms with E-state index in [2.05, 4.69) is 67.7 Å². The number of nitrogens with two attached hydrogens (primary N) is 1. The van der Waals surface area contributed by atoms with Crippen molar-refractivity contribution in [1.82, 2.24) is 4.90 Å². The largest absolute Gasteiger partial charge is 0.478 e. The van der Waals surface area contributed by atoms with E-state index >= 15 is 0 Å². The normalized spacial score (nSPS) is 17.1. The second kappa shape index (κ2) is 18.4. The molecule has 0 aliphatic carbocycles. The topological polar surface area (TPSA) is 83.6 Å². The maximum Gasteiger partial charge on any atom is 0.335 e. The van der Waals surface area contributed by atoms with E-state index in [-0.39, 0.29) is 17.9 Å². The van der Waals surface area contributed by atoms with Gasteiger partial charge in [-0.15, -0.1) is 0 Å². The Labute approximate surface area is 198 Å². The predicted octanol–water partition coefficient (Wildman–Crippen LogP) is 6.12. The molecule has 1 amide bonds. The number of nitrogens with zero attached hydrogens (tertiary/aromatic N) is 1. The average Bonchev–Trinajstić information content (AvgIpc) is 2.80. The van der Waals surface area contributed by atoms with Crippen molar-refractivity contribution in [3.63, 3.8) is 0 Å². The average molecular weight is 451 g/mol. The van der Waals surface area contributed by atoms with Gasteiger partial charge in [0.25, 0.3) is 0 Å². The summed E-state index contributed by atoms with van der Waals surface area (Å²) in [5, 5.41) is 9.10. The van der Waals surface area contributed by atoms with Crippen LogP contribution in [-0.2, 0) is 9.59 Å². The first kappa shape index (κ1) is 27.9. The molecule has 0 saturated heterocycles. The Hall–Kier alpha value is -3.18. The Morgan fingerprint density at radius 2 is 1.30 bits per heavy atom. The monoisotopic (exact) mass is 450 g/mol. The fourth-order valence-corrected chi connectivity index (χ4v) is 2.99. The molecule has 1 unspecified atom stereocenters. The summed E-state index contributed by atoms with van der Waals surface area (Å²) in [6, 6.07) is 0. The van der Waals surface area contributed by atoms with Crippen molar-refractivity contribution in [1.29, 1.82) is 0 Å². The highest BCUT2D eigenvalue weighted by atomic mass is 16.4. The molecule has 1 rings (SSSR count). The van der Waals surface area contributed by atoms with Crippen LogP contribution in [0.15, 0.2) is 96.8 Å². The Morgan fingerprint density at radius 3 is 1.76 bits per heavy atom. The first-order chi connectivity index (χ1) is 16.1. The highest BCUT2D eigenvalue weighted by Gasteiger charge is 2.26. The third-order valence-corrected chi connectivity index (χ3v) is 4.80. The van der Waals surface area contributed by atoms with E-state index in [9.17, 15) is 9.59 Å². The lowest BCUT2D eigenvalue weighted by Gasteiger charge is -2.28. The first-order valence-corrected chi connectivity index (χ1v) is 11.7. The first-order valence-electron chi connectivity index (χ1n) is 11.7. The third-order valence-electron chi connectivity index (χ3n) is 4.80. The van der Waals surface area contributed by atoms with Crippen LogP contribution in [0.4, 0.5) is 0 Å². The Morgan fingerprint density at radius 1 is 0.848 bits per heavy atom. The minimum atomic E-state index is -1.11. The molecule has 33 heavy (non-hydrogen) atoms. The number of carbonyl (C=O) groups excluding carboxylic acids is 1. The second-order valence-electron chi connectivity index (χ2n) is 7.47. The highest BCUT2D eigenvalue weighted by Crippen LogP contribution is 2.15. The molecular formula is C28H38N2O3. The van der Waals surface area contributed by atoms with Gasteiger partial charge < -0.3 is 10.8 Å². The molecule has 0 bridgehead atoms. The maximum absolute atomic E-state index is 12.3. The van der Waals surface area contributed by atoms with Crippen LogP contribution in [0.5, 0.6) is 0 Å². The molecule has 178 valence electrons. The molecule has 0 aromatic rings. The number of carbonyl (C=O) groups is 2. The molecule has 0 aromatic carbocycles. The van der Waals surface area contributed by atoms with Crippen molar-refractivity contribution in [2.75, 3.05) is 0 Å². The number of hydrogen-bond acceptors (Lipinski definition) is 3. The zero-order valence-electron chi connectivity index (χ0n) is 19.7. The molecule has 5 heteroatoms. The second-order valence-corrected chi connectivity index (χ2v) is 7.47. The number of rotatable bonds is 15. The van der Waals surface area contributed by atoms with E-state index in [4.69, 9.17) is 10.8 Å². The van der Waals surface area contributed by atoms with Crippen molar-refractivity contribution in [2.24, 2.45) is 5.73 Å². The van der Waals surface area contributed by atoms with Crippen LogP contribution in [0.25, 0.3) is 0 Å². The number of aliphatic carboxylic acids is 1. The van der Waals surface area contributed by atoms with Gasteiger partial charge in [0.1, 0.15) is 6.17 Å². The van der Waals surface area contributed by atoms with Gasteiger partial charge >= 0.3 is 5.97 Å². The van der Waals surface area contributed by atoms with Crippen molar-refractivity contribution in [3.8, 4) is 0 Å². The van der Waals surface area contributed by atoms with Crippen LogP contribution in [0.1, 0.15) is 58.3 Å². The lowest BCUT2D eigenvalue weighted by molar-refractivity contribution is -0.134. The van der Waals surface area contributed by atoms with Crippen molar-refractivity contribution in [3.05, 3.63) is 96.8 Å². The molecule has 1 atom stereocenters. The summed E-state index contributed by atoms with van der Waals surface area (Å²) in [5.41, 5.74) is 5.88. The Bertz CT molecular complexity index is 826. The minimum Gasteiger partial charge on any atom is -0.478 e. The summed E-state index contributed by atoms with van der Waals surface area (Å²) in [7, 11) is 0. The van der Waals surface area contributed by atoms with Gasteiger partial charge in [-0.3, -0.25) is 9.69 Å². The third kappa shape index (κ3) is 13.1. The lowest BCUT2D eigenvalue weighted by atomic mass is 10.1. The number of allylic oxidation sites excluding steroid dienone is 14. The van der Waals surface area contributed by atoms with Crippen molar-refractivity contribution in [2.45, 2.75) is 64.5 Å². The van der Waals surface area contributed by atoms with Gasteiger partial charge in [-0.1, -0.05) is 79.8 Å². The van der Waals surface area contributed by atoms with E-state index in [0.717, 1.165) is 38.5 Å². The molecule has 0 fully saturated rings. The van der Waals surface area contributed by atoms with E-state index in [1.165, 1.54) is 23.3 Å². The Kier molecular flexibility index (Phi) is 15.5. The summed E-state index contributed by atoms with van der Waals surface area (Å²) < 4.78 is 0. The molecule has 5 nitrogen and oxygen atoms in total. The fourth-order valence-electron chi connectivity index (χ4n) is 2.99. The molecule has 0 spiro atoms. The molecule has 1 aliphatic heterocycles. The van der Waals surface area contributed by atoms with Gasteiger partial charge in [-0.05, 0) is 57.1 Å². The molecule has 0 radical (unpaired) electrons. The van der Waals surface area contributed by atoms with Gasteiger partial charge in [-0.2, -0.15) is 0 Å². The SMILES string of the molecule is CC/C=C/C/C=C/C/C=C/C/C=C/C/C=C/C/C=C/CCC(=O)N1C=CC=C(C(=O)O)C1N. The standard InChI is InChI=1S/C28H38N2O3/c1-2-3-4-5-6-7-8-9-10-11-12-13-14-15-16-17-18-19-20-23-26(31)30-24-21-22-25(27(30)29)28(32)33/h3-4,6-7,9-10,12-13,15-16,18-19,21-22,24,27H,2,5,8,11,14,17,20,23,29H2,1H3,(H,32,33)/b4-3+,7-6+,10-9+,13-12+,16-15+,19-18+. The highest BCUT2D eigenvalue weighted by molar-refractivity contribution is 5.90. The predicted molar refractivity (Wildman–Crippen MR) is 137 cm³/mol. The molecule has 3 N–H and O–H groups in total. The molecule has 1 heterocycles. The van der Waals surface area contributed by atoms with Crippen LogP contribution in [0.3, 0.4) is 0 Å². The summed E-state index contributed by atoms with van der Waals surface area (Å²) in [4.78, 5) is 24.7. The van der Waals surface area contributed by atoms with Crippen molar-refractivity contribution >= 4 is 11.9 Å². The van der Waals surface area contributed by atoms with E-state index in [1.54, 1.807) is 0 Å². The molecule has 0 aromatic heterocycles. The molecule has 0 saturated carbocycles. The number of carboxylic acids is 1. The zero-order chi connectivity index (χ0) is 24.2. The van der Waals surface area contributed by atoms with Crippen LogP contribution < -0.4 is 5.73 Å². The van der Waals surface area contributed by atoms with E-state index in [1.807, 2.05) is 12.2 Å². The Balaban J connectivity index is 2.10. The van der Waals surface area contributed by atoms with Gasteiger partial charge in [0.2, 0.25) is 5.91 Å². The van der Waals surface area contributed by atoms with Crippen LogP contribution >= 0.6 is 0 Å².